The predicted molar refractivity (Wildman–Crippen MR) is 96.8 cm³/mol. The molecule has 2 heterocycles. The standard InChI is InChI=1S/C20H26N2O4/c1-20(2,3)26-19(23)22-11-17(21-14-22)18-10-9-16(25-18)13-24-12-15-7-5-4-6-8-15/h4-8,11,14,16,18H,9-10,12-13H2,1-3H3/t16-,18?/m1/s1. The fourth-order valence-corrected chi connectivity index (χ4v) is 2.85. The van der Waals surface area contributed by atoms with Crippen molar-refractivity contribution >= 4 is 6.09 Å². The Labute approximate surface area is 154 Å². The van der Waals surface area contributed by atoms with Crippen LogP contribution in [0.2, 0.25) is 0 Å². The second-order valence-corrected chi connectivity index (χ2v) is 7.51. The lowest BCUT2D eigenvalue weighted by Crippen LogP contribution is -2.26. The topological polar surface area (TPSA) is 62.6 Å². The average Bonchev–Trinajstić information content (AvgIpc) is 3.23. The molecule has 0 radical (unpaired) electrons. The van der Waals surface area contributed by atoms with Crippen LogP contribution >= 0.6 is 0 Å². The Morgan fingerprint density at radius 2 is 2.04 bits per heavy atom. The second kappa shape index (κ2) is 8.01. The van der Waals surface area contributed by atoms with Gasteiger partial charge < -0.3 is 14.2 Å². The lowest BCUT2D eigenvalue weighted by atomic mass is 10.1. The summed E-state index contributed by atoms with van der Waals surface area (Å²) in [6.45, 7) is 6.64. The van der Waals surface area contributed by atoms with Gasteiger partial charge in [-0.3, -0.25) is 0 Å². The van der Waals surface area contributed by atoms with E-state index in [2.05, 4.69) is 4.98 Å². The summed E-state index contributed by atoms with van der Waals surface area (Å²) in [4.78, 5) is 16.4. The zero-order valence-corrected chi connectivity index (χ0v) is 15.6. The molecule has 0 bridgehead atoms. The van der Waals surface area contributed by atoms with Gasteiger partial charge in [-0.2, -0.15) is 0 Å². The molecule has 26 heavy (non-hydrogen) atoms. The molecule has 3 rings (SSSR count). The highest BCUT2D eigenvalue weighted by molar-refractivity contribution is 5.70. The molecule has 1 aliphatic rings. The number of ether oxygens (including phenoxy) is 3. The largest absolute Gasteiger partial charge is 0.443 e. The lowest BCUT2D eigenvalue weighted by Gasteiger charge is -2.19. The zero-order valence-electron chi connectivity index (χ0n) is 15.6. The molecule has 2 aromatic rings. The van der Waals surface area contributed by atoms with Gasteiger partial charge in [0.25, 0.3) is 0 Å². The van der Waals surface area contributed by atoms with E-state index in [1.54, 1.807) is 6.20 Å². The van der Waals surface area contributed by atoms with Crippen molar-refractivity contribution in [2.75, 3.05) is 6.61 Å². The zero-order chi connectivity index (χ0) is 18.6. The quantitative estimate of drug-likeness (QED) is 0.805. The number of rotatable bonds is 5. The fraction of sp³-hybridized carbons (Fsp3) is 0.500. The minimum Gasteiger partial charge on any atom is -0.443 e. The lowest BCUT2D eigenvalue weighted by molar-refractivity contribution is -0.0215. The first kappa shape index (κ1) is 18.6. The van der Waals surface area contributed by atoms with Crippen molar-refractivity contribution < 1.29 is 19.0 Å². The average molecular weight is 358 g/mol. The Bertz CT molecular complexity index is 721. The van der Waals surface area contributed by atoms with Crippen LogP contribution in [0.1, 0.15) is 51.0 Å². The summed E-state index contributed by atoms with van der Waals surface area (Å²) in [5.41, 5.74) is 1.37. The van der Waals surface area contributed by atoms with E-state index in [-0.39, 0.29) is 12.2 Å². The first-order valence-electron chi connectivity index (χ1n) is 8.95. The van der Waals surface area contributed by atoms with Crippen LogP contribution in [-0.2, 0) is 20.8 Å². The fourth-order valence-electron chi connectivity index (χ4n) is 2.85. The minimum absolute atomic E-state index is 0.0513. The first-order chi connectivity index (χ1) is 12.4. The van der Waals surface area contributed by atoms with E-state index in [0.29, 0.717) is 13.2 Å². The molecule has 1 unspecified atom stereocenters. The predicted octanol–water partition coefficient (Wildman–Crippen LogP) is 4.10. The number of benzene rings is 1. The van der Waals surface area contributed by atoms with Gasteiger partial charge in [-0.15, -0.1) is 0 Å². The highest BCUT2D eigenvalue weighted by Crippen LogP contribution is 2.32. The number of aromatic nitrogens is 2. The third kappa shape index (κ3) is 5.16. The molecule has 0 spiro atoms. The molecule has 0 saturated carbocycles. The van der Waals surface area contributed by atoms with Gasteiger partial charge in [0.15, 0.2) is 0 Å². The van der Waals surface area contributed by atoms with Crippen LogP contribution in [0.5, 0.6) is 0 Å². The molecule has 0 aliphatic carbocycles. The number of carbonyl (C=O) groups excluding carboxylic acids is 1. The van der Waals surface area contributed by atoms with Gasteiger partial charge >= 0.3 is 6.09 Å². The van der Waals surface area contributed by atoms with Gasteiger partial charge in [-0.25, -0.2) is 14.3 Å². The summed E-state index contributed by atoms with van der Waals surface area (Å²) in [5, 5.41) is 0. The molecule has 1 aromatic heterocycles. The normalized spacial score (nSPS) is 20.3. The summed E-state index contributed by atoms with van der Waals surface area (Å²) in [7, 11) is 0. The number of hydrogen-bond acceptors (Lipinski definition) is 5. The molecule has 0 N–H and O–H groups in total. The molecular formula is C20H26N2O4. The third-order valence-electron chi connectivity index (χ3n) is 4.06. The Morgan fingerprint density at radius 3 is 2.77 bits per heavy atom. The van der Waals surface area contributed by atoms with Crippen molar-refractivity contribution in [3.63, 3.8) is 0 Å². The summed E-state index contributed by atoms with van der Waals surface area (Å²) in [6, 6.07) is 10.1. The highest BCUT2D eigenvalue weighted by Gasteiger charge is 2.29. The second-order valence-electron chi connectivity index (χ2n) is 7.51. The monoisotopic (exact) mass is 358 g/mol. The molecule has 1 aromatic carbocycles. The molecule has 6 heteroatoms. The maximum atomic E-state index is 12.1. The van der Waals surface area contributed by atoms with E-state index in [1.807, 2.05) is 51.1 Å². The first-order valence-corrected chi connectivity index (χ1v) is 8.95. The molecule has 1 fully saturated rings. The SMILES string of the molecule is CC(C)(C)OC(=O)n1cnc(C2CC[C@H](COCc3ccccc3)O2)c1. The van der Waals surface area contributed by atoms with E-state index < -0.39 is 11.7 Å². The number of imidazole rings is 1. The van der Waals surface area contributed by atoms with Gasteiger partial charge in [0, 0.05) is 6.20 Å². The molecule has 140 valence electrons. The number of carbonyl (C=O) groups is 1. The van der Waals surface area contributed by atoms with E-state index >= 15 is 0 Å². The van der Waals surface area contributed by atoms with E-state index in [1.165, 1.54) is 10.9 Å². The van der Waals surface area contributed by atoms with Crippen molar-refractivity contribution in [2.45, 2.75) is 58.0 Å². The Hall–Kier alpha value is -2.18. The number of hydrogen-bond donors (Lipinski definition) is 0. The van der Waals surface area contributed by atoms with Gasteiger partial charge in [-0.1, -0.05) is 30.3 Å². The Balaban J connectivity index is 1.47. The van der Waals surface area contributed by atoms with Gasteiger partial charge in [0.05, 0.1) is 25.0 Å². The van der Waals surface area contributed by atoms with Crippen molar-refractivity contribution in [3.8, 4) is 0 Å². The Morgan fingerprint density at radius 1 is 1.27 bits per heavy atom. The van der Waals surface area contributed by atoms with Crippen molar-refractivity contribution in [1.82, 2.24) is 9.55 Å². The minimum atomic E-state index is -0.535. The molecular weight excluding hydrogens is 332 g/mol. The van der Waals surface area contributed by atoms with Crippen LogP contribution in [0, 0.1) is 0 Å². The molecule has 1 aliphatic heterocycles. The van der Waals surface area contributed by atoms with E-state index in [0.717, 1.165) is 24.1 Å². The summed E-state index contributed by atoms with van der Waals surface area (Å²) < 4.78 is 18.5. The molecule has 1 saturated heterocycles. The molecule has 6 nitrogen and oxygen atoms in total. The van der Waals surface area contributed by atoms with Gasteiger partial charge in [-0.05, 0) is 39.2 Å². The van der Waals surface area contributed by atoms with Crippen molar-refractivity contribution in [3.05, 3.63) is 54.1 Å². The maximum absolute atomic E-state index is 12.1. The maximum Gasteiger partial charge on any atom is 0.419 e. The number of nitrogens with zero attached hydrogens (tertiary/aromatic N) is 2. The van der Waals surface area contributed by atoms with Crippen LogP contribution in [0.15, 0.2) is 42.9 Å². The summed E-state index contributed by atoms with van der Waals surface area (Å²) in [6.07, 6.45) is 4.46. The third-order valence-corrected chi connectivity index (χ3v) is 4.06. The van der Waals surface area contributed by atoms with Crippen LogP contribution in [0.3, 0.4) is 0 Å². The van der Waals surface area contributed by atoms with E-state index in [4.69, 9.17) is 14.2 Å². The summed E-state index contributed by atoms with van der Waals surface area (Å²) >= 11 is 0. The summed E-state index contributed by atoms with van der Waals surface area (Å²) in [5.74, 6) is 0. The van der Waals surface area contributed by atoms with Gasteiger partial charge in [0.1, 0.15) is 18.0 Å². The Kier molecular flexibility index (Phi) is 5.74. The van der Waals surface area contributed by atoms with Gasteiger partial charge in [0.2, 0.25) is 0 Å². The smallest absolute Gasteiger partial charge is 0.419 e. The molecule has 0 amide bonds. The van der Waals surface area contributed by atoms with Crippen molar-refractivity contribution in [1.29, 1.82) is 0 Å². The van der Waals surface area contributed by atoms with E-state index in [9.17, 15) is 4.79 Å². The van der Waals surface area contributed by atoms with Crippen LogP contribution in [-0.4, -0.2) is 34.0 Å². The van der Waals surface area contributed by atoms with Crippen LogP contribution in [0.4, 0.5) is 4.79 Å². The van der Waals surface area contributed by atoms with Crippen molar-refractivity contribution in [2.24, 2.45) is 0 Å². The van der Waals surface area contributed by atoms with Crippen LogP contribution < -0.4 is 0 Å². The van der Waals surface area contributed by atoms with Crippen LogP contribution in [0.25, 0.3) is 0 Å². The highest BCUT2D eigenvalue weighted by atomic mass is 16.6. The molecule has 2 atom stereocenters.